The fourth-order valence-electron chi connectivity index (χ4n) is 1.80. The van der Waals surface area contributed by atoms with Crippen molar-refractivity contribution in [3.8, 4) is 0 Å². The summed E-state index contributed by atoms with van der Waals surface area (Å²) < 4.78 is 0. The van der Waals surface area contributed by atoms with Crippen LogP contribution in [0.2, 0.25) is 0 Å². The van der Waals surface area contributed by atoms with Crippen molar-refractivity contribution in [2.45, 2.75) is 18.9 Å². The van der Waals surface area contributed by atoms with Gasteiger partial charge in [0.25, 0.3) is 5.91 Å². The first kappa shape index (κ1) is 13.7. The Hall–Kier alpha value is -1.33. The normalized spacial score (nSPS) is 18.5. The van der Waals surface area contributed by atoms with Gasteiger partial charge in [-0.25, -0.2) is 0 Å². The van der Waals surface area contributed by atoms with E-state index in [1.54, 1.807) is 0 Å². The van der Waals surface area contributed by atoms with Crippen molar-refractivity contribution in [3.63, 3.8) is 0 Å². The third-order valence-corrected chi connectivity index (χ3v) is 2.72. The van der Waals surface area contributed by atoms with Crippen LogP contribution in [0.1, 0.15) is 23.2 Å². The molecule has 1 aliphatic heterocycles. The van der Waals surface area contributed by atoms with E-state index in [0.29, 0.717) is 18.2 Å². The predicted molar refractivity (Wildman–Crippen MR) is 67.7 cm³/mol. The zero-order chi connectivity index (χ0) is 11.4. The number of nitrogens with one attached hydrogen (secondary N) is 3. The summed E-state index contributed by atoms with van der Waals surface area (Å²) in [6.45, 7) is 1.66. The fraction of sp³-hybridized carbons (Fsp3) is 0.455. The van der Waals surface area contributed by atoms with E-state index in [2.05, 4.69) is 15.6 Å². The van der Waals surface area contributed by atoms with Crippen molar-refractivity contribution in [2.75, 3.05) is 13.1 Å². The van der Waals surface area contributed by atoms with Gasteiger partial charge in [0.15, 0.2) is 0 Å². The van der Waals surface area contributed by atoms with Crippen LogP contribution in [0, 0.1) is 0 Å². The average Bonchev–Trinajstić information content (AvgIpc) is 2.80. The highest BCUT2D eigenvalue weighted by Crippen LogP contribution is 2.03. The molecule has 17 heavy (non-hydrogen) atoms. The maximum absolute atomic E-state index is 11.7. The van der Waals surface area contributed by atoms with Gasteiger partial charge in [0.1, 0.15) is 0 Å². The number of H-pyrrole nitrogens is 1. The molecule has 0 radical (unpaired) electrons. The molecule has 1 unspecified atom stereocenters. The second-order valence-corrected chi connectivity index (χ2v) is 3.94. The lowest BCUT2D eigenvalue weighted by Crippen LogP contribution is -2.37. The number of carbonyl (C=O) groups excluding carboxylic acids is 1. The molecule has 0 bridgehead atoms. The summed E-state index contributed by atoms with van der Waals surface area (Å²) in [6, 6.07) is 3.26. The maximum Gasteiger partial charge on any atom is 0.252 e. The van der Waals surface area contributed by atoms with Crippen molar-refractivity contribution in [3.05, 3.63) is 34.2 Å². The summed E-state index contributed by atoms with van der Waals surface area (Å²) in [5.41, 5.74) is 0.284. The summed E-state index contributed by atoms with van der Waals surface area (Å²) in [6.07, 6.45) is 3.70. The van der Waals surface area contributed by atoms with Gasteiger partial charge < -0.3 is 15.6 Å². The SMILES string of the molecule is Cl.O=C(NCC1CCCN1)c1ccc(=O)[nH]c1. The van der Waals surface area contributed by atoms with Gasteiger partial charge in [-0.15, -0.1) is 12.4 Å². The molecular weight excluding hydrogens is 242 g/mol. The van der Waals surface area contributed by atoms with Gasteiger partial charge in [0.05, 0.1) is 5.56 Å². The number of aromatic nitrogens is 1. The highest BCUT2D eigenvalue weighted by Gasteiger charge is 2.15. The zero-order valence-corrected chi connectivity index (χ0v) is 10.2. The van der Waals surface area contributed by atoms with E-state index >= 15 is 0 Å². The van der Waals surface area contributed by atoms with Crippen molar-refractivity contribution in [1.82, 2.24) is 15.6 Å². The van der Waals surface area contributed by atoms with Gasteiger partial charge in [-0.2, -0.15) is 0 Å². The summed E-state index contributed by atoms with van der Waals surface area (Å²) in [4.78, 5) is 24.9. The van der Waals surface area contributed by atoms with Crippen LogP contribution in [-0.4, -0.2) is 30.0 Å². The van der Waals surface area contributed by atoms with Crippen molar-refractivity contribution in [2.24, 2.45) is 0 Å². The standard InChI is InChI=1S/C11H15N3O2.ClH/c15-10-4-3-8(6-13-10)11(16)14-7-9-2-1-5-12-9;/h3-4,6,9,12H,1-2,5,7H2,(H,13,15)(H,14,16);1H. The molecule has 0 aliphatic carbocycles. The largest absolute Gasteiger partial charge is 0.350 e. The van der Waals surface area contributed by atoms with Gasteiger partial charge >= 0.3 is 0 Å². The number of hydrogen-bond donors (Lipinski definition) is 3. The number of aromatic amines is 1. The van der Waals surface area contributed by atoms with Crippen molar-refractivity contribution in [1.29, 1.82) is 0 Å². The Morgan fingerprint density at radius 1 is 1.47 bits per heavy atom. The summed E-state index contributed by atoms with van der Waals surface area (Å²) in [5, 5.41) is 6.14. The van der Waals surface area contributed by atoms with Gasteiger partial charge in [-0.3, -0.25) is 9.59 Å². The van der Waals surface area contributed by atoms with Crippen molar-refractivity contribution >= 4 is 18.3 Å². The zero-order valence-electron chi connectivity index (χ0n) is 9.36. The molecule has 5 nitrogen and oxygen atoms in total. The number of pyridine rings is 1. The van der Waals surface area contributed by atoms with E-state index in [0.717, 1.165) is 13.0 Å². The third kappa shape index (κ3) is 3.87. The molecule has 1 atom stereocenters. The van der Waals surface area contributed by atoms with E-state index in [4.69, 9.17) is 0 Å². The van der Waals surface area contributed by atoms with E-state index in [1.165, 1.54) is 24.8 Å². The van der Waals surface area contributed by atoms with Gasteiger partial charge in [0.2, 0.25) is 5.56 Å². The molecule has 2 heterocycles. The summed E-state index contributed by atoms with van der Waals surface area (Å²) in [7, 11) is 0. The summed E-state index contributed by atoms with van der Waals surface area (Å²) in [5.74, 6) is -0.148. The van der Waals surface area contributed by atoms with Crippen LogP contribution in [-0.2, 0) is 0 Å². The highest BCUT2D eigenvalue weighted by molar-refractivity contribution is 5.93. The monoisotopic (exact) mass is 257 g/mol. The minimum atomic E-state index is -0.200. The molecule has 1 aromatic rings. The minimum Gasteiger partial charge on any atom is -0.350 e. The fourth-order valence-corrected chi connectivity index (χ4v) is 1.80. The molecule has 0 spiro atoms. The van der Waals surface area contributed by atoms with E-state index < -0.39 is 0 Å². The van der Waals surface area contributed by atoms with Crippen LogP contribution in [0.3, 0.4) is 0 Å². The molecule has 1 aromatic heterocycles. The minimum absolute atomic E-state index is 0. The smallest absolute Gasteiger partial charge is 0.252 e. The van der Waals surface area contributed by atoms with Crippen LogP contribution >= 0.6 is 12.4 Å². The molecule has 0 saturated carbocycles. The molecular formula is C11H16ClN3O2. The number of halogens is 1. The molecule has 0 aromatic carbocycles. The molecule has 94 valence electrons. The van der Waals surface area contributed by atoms with E-state index in [-0.39, 0.29) is 23.9 Å². The van der Waals surface area contributed by atoms with Gasteiger partial charge in [-0.1, -0.05) is 0 Å². The Kier molecular flexibility index (Phi) is 5.18. The Morgan fingerprint density at radius 2 is 2.29 bits per heavy atom. The van der Waals surface area contributed by atoms with Crippen molar-refractivity contribution < 1.29 is 4.79 Å². The topological polar surface area (TPSA) is 74.0 Å². The quantitative estimate of drug-likeness (QED) is 0.728. The Morgan fingerprint density at radius 3 is 2.88 bits per heavy atom. The van der Waals surface area contributed by atoms with Crippen LogP contribution in [0.4, 0.5) is 0 Å². The first-order chi connectivity index (χ1) is 7.75. The second-order valence-electron chi connectivity index (χ2n) is 3.94. The molecule has 6 heteroatoms. The van der Waals surface area contributed by atoms with Crippen LogP contribution < -0.4 is 16.2 Å². The average molecular weight is 258 g/mol. The van der Waals surface area contributed by atoms with Crippen LogP contribution in [0.25, 0.3) is 0 Å². The molecule has 1 saturated heterocycles. The molecule has 1 fully saturated rings. The Bertz CT molecular complexity index is 406. The Balaban J connectivity index is 0.00000144. The number of amides is 1. The molecule has 2 rings (SSSR count). The predicted octanol–water partition coefficient (Wildman–Crippen LogP) is 0.278. The first-order valence-electron chi connectivity index (χ1n) is 5.46. The molecule has 1 amide bonds. The number of hydrogen-bond acceptors (Lipinski definition) is 3. The molecule has 3 N–H and O–H groups in total. The first-order valence-corrected chi connectivity index (χ1v) is 5.46. The molecule has 1 aliphatic rings. The lowest BCUT2D eigenvalue weighted by Gasteiger charge is -2.11. The van der Waals surface area contributed by atoms with E-state index in [9.17, 15) is 9.59 Å². The number of rotatable bonds is 3. The Labute approximate surface area is 105 Å². The second kappa shape index (κ2) is 6.42. The maximum atomic E-state index is 11.7. The highest BCUT2D eigenvalue weighted by atomic mass is 35.5. The lowest BCUT2D eigenvalue weighted by molar-refractivity contribution is 0.0950. The van der Waals surface area contributed by atoms with Crippen LogP contribution in [0.5, 0.6) is 0 Å². The van der Waals surface area contributed by atoms with Gasteiger partial charge in [0, 0.05) is 24.8 Å². The van der Waals surface area contributed by atoms with Crippen LogP contribution in [0.15, 0.2) is 23.1 Å². The summed E-state index contributed by atoms with van der Waals surface area (Å²) >= 11 is 0. The van der Waals surface area contributed by atoms with E-state index in [1.807, 2.05) is 0 Å². The number of carbonyl (C=O) groups is 1. The van der Waals surface area contributed by atoms with Gasteiger partial charge in [-0.05, 0) is 25.5 Å². The third-order valence-electron chi connectivity index (χ3n) is 2.72. The lowest BCUT2D eigenvalue weighted by atomic mass is 10.2.